The number of carboxylic acids is 1. The molecule has 8 aliphatic carbocycles. The lowest BCUT2D eigenvalue weighted by Crippen LogP contribution is -2.68. The molecule has 4 atom stereocenters. The summed E-state index contributed by atoms with van der Waals surface area (Å²) in [7, 11) is 0. The quantitative estimate of drug-likeness (QED) is 0.639. The maximum atomic E-state index is 13.2. The van der Waals surface area contributed by atoms with Gasteiger partial charge in [0.15, 0.2) is 5.79 Å². The molecule has 0 radical (unpaired) electrons. The Morgan fingerprint density at radius 3 is 2.03 bits per heavy atom. The molecule has 0 aromatic heterocycles. The lowest BCUT2D eigenvalue weighted by molar-refractivity contribution is -0.387. The van der Waals surface area contributed by atoms with Crippen molar-refractivity contribution in [2.45, 2.75) is 82.0 Å². The molecule has 9 fully saturated rings. The first kappa shape index (κ1) is 21.1. The third kappa shape index (κ3) is 2.97. The van der Waals surface area contributed by atoms with Gasteiger partial charge in [0.1, 0.15) is 0 Å². The van der Waals surface area contributed by atoms with Crippen LogP contribution in [0, 0.1) is 46.3 Å². The highest BCUT2D eigenvalue weighted by molar-refractivity contribution is 5.78. The Morgan fingerprint density at radius 2 is 1.45 bits per heavy atom. The van der Waals surface area contributed by atoms with E-state index in [1.807, 2.05) is 0 Å². The van der Waals surface area contributed by atoms with Gasteiger partial charge in [-0.3, -0.25) is 4.79 Å². The maximum Gasteiger partial charge on any atom is 0.312 e. The molecule has 182 valence electrons. The first-order chi connectivity index (χ1) is 15.7. The average Bonchev–Trinajstić information content (AvgIpc) is 2.74. The largest absolute Gasteiger partial charge is 0.550 e. The zero-order valence-corrected chi connectivity index (χ0v) is 19.3. The standard InChI is InChI=1S/C26H36O7/c27-21(28)23-4-15-2-19(9-23)26(20(3-15)10-23)32-12-18(13-33-26)11-31-22(29)24-5-16-1-17(6-24)8-25(30,7-16)14-24/h15-20,30H,1-14H2,(H,27,28)/p-1. The molecule has 7 nitrogen and oxygen atoms in total. The Bertz CT molecular complexity index is 842. The molecule has 0 aromatic carbocycles. The molecule has 1 saturated heterocycles. The van der Waals surface area contributed by atoms with Crippen LogP contribution in [0.1, 0.15) is 70.6 Å². The summed E-state index contributed by atoms with van der Waals surface area (Å²) in [6.45, 7) is 1.24. The van der Waals surface area contributed by atoms with Crippen molar-refractivity contribution in [2.75, 3.05) is 19.8 Å². The normalized spacial score (nSPS) is 55.8. The molecular weight excluding hydrogens is 424 g/mol. The second-order valence-electron chi connectivity index (χ2n) is 13.2. The van der Waals surface area contributed by atoms with Crippen molar-refractivity contribution in [3.8, 4) is 0 Å². The Kier molecular flexibility index (Phi) is 4.31. The van der Waals surface area contributed by atoms with Crippen molar-refractivity contribution in [2.24, 2.45) is 46.3 Å². The molecule has 0 aromatic rings. The number of hydrogen-bond donors (Lipinski definition) is 1. The van der Waals surface area contributed by atoms with E-state index < -0.39 is 28.2 Å². The van der Waals surface area contributed by atoms with Gasteiger partial charge in [-0.2, -0.15) is 0 Å². The van der Waals surface area contributed by atoms with Crippen molar-refractivity contribution in [1.29, 1.82) is 0 Å². The van der Waals surface area contributed by atoms with Crippen LogP contribution in [0.3, 0.4) is 0 Å². The summed E-state index contributed by atoms with van der Waals surface area (Å²) < 4.78 is 18.7. The lowest BCUT2D eigenvalue weighted by atomic mass is 9.47. The summed E-state index contributed by atoms with van der Waals surface area (Å²) in [6, 6.07) is 0. The Labute approximate surface area is 194 Å². The number of esters is 1. The molecule has 4 unspecified atom stereocenters. The van der Waals surface area contributed by atoms with Gasteiger partial charge in [0.05, 0.1) is 30.8 Å². The summed E-state index contributed by atoms with van der Waals surface area (Å²) in [4.78, 5) is 25.1. The summed E-state index contributed by atoms with van der Waals surface area (Å²) in [5.74, 6) is -0.156. The Balaban J connectivity index is 0.985. The number of rotatable bonds is 4. The third-order valence-corrected chi connectivity index (χ3v) is 10.8. The summed E-state index contributed by atoms with van der Waals surface area (Å²) >= 11 is 0. The first-order valence-corrected chi connectivity index (χ1v) is 13.1. The molecule has 9 rings (SSSR count). The van der Waals surface area contributed by atoms with Crippen molar-refractivity contribution in [3.05, 3.63) is 0 Å². The van der Waals surface area contributed by atoms with Crippen LogP contribution >= 0.6 is 0 Å². The number of carbonyl (C=O) groups is 2. The molecule has 8 bridgehead atoms. The monoisotopic (exact) mass is 459 g/mol. The molecule has 8 saturated carbocycles. The van der Waals surface area contributed by atoms with Crippen molar-refractivity contribution < 1.29 is 34.0 Å². The minimum atomic E-state index is -0.897. The number of hydrogen-bond acceptors (Lipinski definition) is 7. The predicted octanol–water partition coefficient (Wildman–Crippen LogP) is 1.80. The lowest BCUT2D eigenvalue weighted by Gasteiger charge is -2.65. The van der Waals surface area contributed by atoms with Gasteiger partial charge in [0, 0.05) is 29.1 Å². The van der Waals surface area contributed by atoms with Gasteiger partial charge >= 0.3 is 5.97 Å². The van der Waals surface area contributed by atoms with Crippen LogP contribution in [0.15, 0.2) is 0 Å². The fraction of sp³-hybridized carbons (Fsp3) is 0.923. The number of aliphatic hydroxyl groups is 1. The van der Waals surface area contributed by atoms with E-state index in [0.717, 1.165) is 51.4 Å². The molecule has 7 heteroatoms. The molecule has 1 aliphatic heterocycles. The van der Waals surface area contributed by atoms with Gasteiger partial charge in [0.25, 0.3) is 0 Å². The van der Waals surface area contributed by atoms with Crippen LogP contribution in [-0.2, 0) is 23.8 Å². The van der Waals surface area contributed by atoms with Crippen LogP contribution < -0.4 is 5.11 Å². The number of carbonyl (C=O) groups excluding carboxylic acids is 2. The Hall–Kier alpha value is -1.18. The fourth-order valence-corrected chi connectivity index (χ4v) is 10.1. The number of carboxylic acid groups (broad SMARTS) is 1. The van der Waals surface area contributed by atoms with Gasteiger partial charge < -0.3 is 29.2 Å². The fourth-order valence-electron chi connectivity index (χ4n) is 10.1. The van der Waals surface area contributed by atoms with E-state index in [4.69, 9.17) is 14.2 Å². The number of aliphatic carboxylic acids is 1. The maximum absolute atomic E-state index is 13.2. The summed E-state index contributed by atoms with van der Waals surface area (Å²) in [5, 5.41) is 22.9. The van der Waals surface area contributed by atoms with E-state index in [1.54, 1.807) is 0 Å². The average molecular weight is 460 g/mol. The van der Waals surface area contributed by atoms with Crippen molar-refractivity contribution in [3.63, 3.8) is 0 Å². The molecule has 0 amide bonds. The zero-order valence-electron chi connectivity index (χ0n) is 19.3. The van der Waals surface area contributed by atoms with E-state index in [1.165, 1.54) is 0 Å². The van der Waals surface area contributed by atoms with E-state index in [0.29, 0.717) is 50.2 Å². The third-order valence-electron chi connectivity index (χ3n) is 10.8. The highest BCUT2D eigenvalue weighted by atomic mass is 16.7. The Morgan fingerprint density at radius 1 is 0.848 bits per heavy atom. The molecule has 33 heavy (non-hydrogen) atoms. The van der Waals surface area contributed by atoms with E-state index in [-0.39, 0.29) is 30.3 Å². The molecule has 1 N–H and O–H groups in total. The van der Waals surface area contributed by atoms with Crippen LogP contribution in [-0.4, -0.2) is 48.3 Å². The second kappa shape index (κ2) is 6.73. The van der Waals surface area contributed by atoms with Crippen LogP contribution in [0.25, 0.3) is 0 Å². The van der Waals surface area contributed by atoms with E-state index >= 15 is 0 Å². The second-order valence-corrected chi connectivity index (χ2v) is 13.2. The summed E-state index contributed by atoms with van der Waals surface area (Å²) in [5.41, 5.74) is -1.87. The smallest absolute Gasteiger partial charge is 0.312 e. The van der Waals surface area contributed by atoms with Gasteiger partial charge in [0.2, 0.25) is 0 Å². The molecule has 9 aliphatic rings. The minimum absolute atomic E-state index is 0.0103. The minimum Gasteiger partial charge on any atom is -0.550 e. The van der Waals surface area contributed by atoms with Gasteiger partial charge in [-0.25, -0.2) is 0 Å². The van der Waals surface area contributed by atoms with Crippen LogP contribution in [0.5, 0.6) is 0 Å². The predicted molar refractivity (Wildman–Crippen MR) is 112 cm³/mol. The van der Waals surface area contributed by atoms with Crippen molar-refractivity contribution >= 4 is 11.9 Å². The van der Waals surface area contributed by atoms with Crippen LogP contribution in [0.2, 0.25) is 0 Å². The molecular formula is C26H35O7-. The highest BCUT2D eigenvalue weighted by Gasteiger charge is 2.65. The SMILES string of the molecule is O=C([O-])C12CC3CC(C1)C1(OCC(COC(=O)C45CC6CC(CC(O)(C6)C4)C5)CO1)C(C3)C2. The number of ether oxygens (including phenoxy) is 3. The topological polar surface area (TPSA) is 105 Å². The molecule has 1 spiro atoms. The van der Waals surface area contributed by atoms with E-state index in [9.17, 15) is 19.8 Å². The zero-order chi connectivity index (χ0) is 22.6. The summed E-state index contributed by atoms with van der Waals surface area (Å²) in [6.07, 6.45) is 8.97. The van der Waals surface area contributed by atoms with Crippen molar-refractivity contribution in [1.82, 2.24) is 0 Å². The molecule has 1 heterocycles. The van der Waals surface area contributed by atoms with Gasteiger partial charge in [-0.05, 0) is 88.4 Å². The van der Waals surface area contributed by atoms with Gasteiger partial charge in [-0.15, -0.1) is 0 Å². The van der Waals surface area contributed by atoms with E-state index in [2.05, 4.69) is 0 Å². The van der Waals surface area contributed by atoms with Gasteiger partial charge in [-0.1, -0.05) is 0 Å². The first-order valence-electron chi connectivity index (χ1n) is 13.1. The van der Waals surface area contributed by atoms with Crippen LogP contribution in [0.4, 0.5) is 0 Å². The highest BCUT2D eigenvalue weighted by Crippen LogP contribution is 2.65.